The van der Waals surface area contributed by atoms with E-state index in [2.05, 4.69) is 78.0 Å². The molecule has 0 saturated carbocycles. The van der Waals surface area contributed by atoms with Crippen molar-refractivity contribution in [3.05, 3.63) is 145 Å². The van der Waals surface area contributed by atoms with Crippen molar-refractivity contribution in [2.24, 2.45) is 0 Å². The summed E-state index contributed by atoms with van der Waals surface area (Å²) >= 11 is -3.63. The Kier molecular flexibility index (Phi) is 11.5. The van der Waals surface area contributed by atoms with Crippen molar-refractivity contribution in [1.29, 1.82) is 0 Å². The van der Waals surface area contributed by atoms with Gasteiger partial charge in [0.2, 0.25) is 0 Å². The Morgan fingerprint density at radius 3 is 1.66 bits per heavy atom. The minimum absolute atomic E-state index is 0. The van der Waals surface area contributed by atoms with Gasteiger partial charge in [-0.3, -0.25) is 0 Å². The third kappa shape index (κ3) is 7.86. The van der Waals surface area contributed by atoms with Crippen LogP contribution in [0.25, 0.3) is 11.1 Å². The first-order valence-electron chi connectivity index (χ1n) is 16.1. The molecule has 0 saturated heterocycles. The molecule has 0 amide bonds. The molecule has 4 aromatic rings. The summed E-state index contributed by atoms with van der Waals surface area (Å²) in [7, 11) is 0. The first-order valence-corrected chi connectivity index (χ1v) is 19.8. The van der Waals surface area contributed by atoms with Gasteiger partial charge in [-0.1, -0.05) is 0 Å². The first kappa shape index (κ1) is 40.0. The van der Waals surface area contributed by atoms with Crippen LogP contribution in [-0.2, 0) is 50.9 Å². The van der Waals surface area contributed by atoms with E-state index in [9.17, 15) is 26.3 Å². The predicted octanol–water partition coefficient (Wildman–Crippen LogP) is 12.1. The van der Waals surface area contributed by atoms with E-state index in [-0.39, 0.29) is 35.6 Å². The zero-order chi connectivity index (χ0) is 34.8. The first-order chi connectivity index (χ1) is 22.3. The van der Waals surface area contributed by atoms with Gasteiger partial charge < -0.3 is 0 Å². The van der Waals surface area contributed by atoms with Crippen molar-refractivity contribution in [1.82, 2.24) is 0 Å². The van der Waals surface area contributed by atoms with Gasteiger partial charge in [0, 0.05) is 0 Å². The molecule has 0 aromatic heterocycles. The van der Waals surface area contributed by atoms with Crippen molar-refractivity contribution in [2.45, 2.75) is 77.6 Å². The van der Waals surface area contributed by atoms with Crippen LogP contribution >= 0.6 is 24.8 Å². The van der Waals surface area contributed by atoms with Crippen molar-refractivity contribution >= 4 is 31.3 Å². The third-order valence-electron chi connectivity index (χ3n) is 9.30. The molecule has 0 heterocycles. The van der Waals surface area contributed by atoms with E-state index in [0.717, 1.165) is 53.1 Å². The molecule has 0 N–H and O–H groups in total. The molecule has 0 aliphatic heterocycles. The zero-order valence-corrected chi connectivity index (χ0v) is 32.8. The largest absolute Gasteiger partial charge is 0.147 e. The number of hydrogen-bond acceptors (Lipinski definition) is 0. The normalized spacial score (nSPS) is 14.0. The van der Waals surface area contributed by atoms with E-state index < -0.39 is 44.7 Å². The second-order valence-electron chi connectivity index (χ2n) is 14.8. The summed E-state index contributed by atoms with van der Waals surface area (Å²) < 4.78 is 88.0. The Morgan fingerprint density at radius 1 is 0.620 bits per heavy atom. The maximum absolute atomic E-state index is 14.2. The van der Waals surface area contributed by atoms with Crippen molar-refractivity contribution in [2.75, 3.05) is 0 Å². The smallest absolute Gasteiger partial charge is 0.147 e. The van der Waals surface area contributed by atoms with Crippen LogP contribution in [0.3, 0.4) is 0 Å². The fourth-order valence-corrected chi connectivity index (χ4v) is 15.8. The molecule has 6 rings (SSSR count). The fraction of sp³-hybridized carbons (Fsp3) is 0.293. The quantitative estimate of drug-likeness (QED) is 0.159. The zero-order valence-electron chi connectivity index (χ0n) is 28.7. The molecule has 4 aromatic carbocycles. The Hall–Kier alpha value is -2.73. The molecular formula is C41H40Cl2F6Zr. The van der Waals surface area contributed by atoms with Crippen molar-refractivity contribution < 1.29 is 47.6 Å². The average molecular weight is 809 g/mol. The molecule has 2 aliphatic carbocycles. The molecule has 50 heavy (non-hydrogen) atoms. The minimum atomic E-state index is -4.61. The maximum Gasteiger partial charge on any atom is -0.147 e. The Labute approximate surface area is 310 Å². The van der Waals surface area contributed by atoms with Crippen LogP contribution < -0.4 is 3.27 Å². The molecule has 9 heteroatoms. The molecule has 2 aliphatic rings. The van der Waals surface area contributed by atoms with Gasteiger partial charge in [-0.05, 0) is 0 Å². The number of allylic oxidation sites excluding steroid dienone is 4. The maximum atomic E-state index is 14.2. The monoisotopic (exact) mass is 806 g/mol. The molecule has 0 bridgehead atoms. The second kappa shape index (κ2) is 14.4. The van der Waals surface area contributed by atoms with Crippen LogP contribution in [-0.4, -0.2) is 3.21 Å². The number of halogens is 8. The van der Waals surface area contributed by atoms with E-state index in [0.29, 0.717) is 27.2 Å². The number of rotatable bonds is 4. The summed E-state index contributed by atoms with van der Waals surface area (Å²) in [5.41, 5.74) is 5.54. The van der Waals surface area contributed by atoms with Crippen LogP contribution in [0.1, 0.15) is 92.5 Å². The van der Waals surface area contributed by atoms with E-state index in [4.69, 9.17) is 0 Å². The van der Waals surface area contributed by atoms with Gasteiger partial charge in [-0.15, -0.1) is 24.8 Å². The predicted molar refractivity (Wildman–Crippen MR) is 194 cm³/mol. The van der Waals surface area contributed by atoms with E-state index in [1.165, 1.54) is 23.3 Å². The van der Waals surface area contributed by atoms with Gasteiger partial charge in [0.05, 0.1) is 0 Å². The topological polar surface area (TPSA) is 0 Å². The molecule has 0 fully saturated rings. The van der Waals surface area contributed by atoms with Gasteiger partial charge >= 0.3 is 288 Å². The van der Waals surface area contributed by atoms with Gasteiger partial charge in [0.1, 0.15) is 0 Å². The van der Waals surface area contributed by atoms with E-state index >= 15 is 0 Å². The second-order valence-corrected chi connectivity index (χ2v) is 20.7. The number of benzene rings is 4. The van der Waals surface area contributed by atoms with Crippen LogP contribution in [0.4, 0.5) is 26.3 Å². The minimum Gasteiger partial charge on any atom is -0.147 e. The SMILES string of the molecule is CC(C)(C)c1ccc2c(c1)Cc1c-2ccc(C(C)(C)C)[c]1[Zr]([C]1=CC=CC1)=[C](c1cccc(C(F)(F)F)c1)c1cccc(C(F)(F)F)c1.Cl.Cl. The number of alkyl halides is 6. The van der Waals surface area contributed by atoms with Gasteiger partial charge in [-0.2, -0.15) is 0 Å². The van der Waals surface area contributed by atoms with E-state index in [1.54, 1.807) is 12.1 Å². The van der Waals surface area contributed by atoms with Crippen LogP contribution in [0.5, 0.6) is 0 Å². The summed E-state index contributed by atoms with van der Waals surface area (Å²) in [6.45, 7) is 12.9. The standard InChI is InChI=1S/C21H25.C15H8F6.C5H5.2ClH.Zr/c1-20(2,3)16-7-9-18-14(12-16)11-15-13-17(21(4,5)6)8-10-19(15)18;16-14(17,18)12-5-1-3-10(8-12)7-11-4-2-6-13(9-11)15(19,20)21;1-2-4-5-3-1;;;/h7-10,12H,11H2,1-6H3;1-6,8-9H;1-3H,4H2;2*1H;. The Morgan fingerprint density at radius 2 is 1.18 bits per heavy atom. The van der Waals surface area contributed by atoms with Crippen LogP contribution in [0, 0.1) is 0 Å². The molecule has 0 radical (unpaired) electrons. The third-order valence-corrected chi connectivity index (χ3v) is 17.1. The molecule has 0 unspecified atom stereocenters. The number of fused-ring (bicyclic) bond motifs is 3. The molecular weight excluding hydrogens is 769 g/mol. The summed E-state index contributed by atoms with van der Waals surface area (Å²) in [4.78, 5) is 0. The average Bonchev–Trinajstić information content (AvgIpc) is 3.66. The van der Waals surface area contributed by atoms with Crippen molar-refractivity contribution in [3.8, 4) is 11.1 Å². The fourth-order valence-electron chi connectivity index (χ4n) is 6.89. The van der Waals surface area contributed by atoms with E-state index in [1.807, 2.05) is 12.2 Å². The molecule has 0 nitrogen and oxygen atoms in total. The Bertz CT molecular complexity index is 1960. The summed E-state index contributed by atoms with van der Waals surface area (Å²) in [5.74, 6) is 0. The Balaban J connectivity index is 0.00000281. The summed E-state index contributed by atoms with van der Waals surface area (Å²) in [5, 5.41) is 0. The van der Waals surface area contributed by atoms with Gasteiger partial charge in [0.15, 0.2) is 0 Å². The van der Waals surface area contributed by atoms with Crippen molar-refractivity contribution in [3.63, 3.8) is 0 Å². The molecule has 0 spiro atoms. The summed E-state index contributed by atoms with van der Waals surface area (Å²) in [6, 6.07) is 21.2. The van der Waals surface area contributed by atoms with Gasteiger partial charge in [0.25, 0.3) is 0 Å². The van der Waals surface area contributed by atoms with Gasteiger partial charge in [-0.25, -0.2) is 0 Å². The summed E-state index contributed by atoms with van der Waals surface area (Å²) in [6.07, 6.45) is -1.87. The molecule has 264 valence electrons. The number of hydrogen-bond donors (Lipinski definition) is 0. The molecule has 0 atom stereocenters. The van der Waals surface area contributed by atoms with Crippen LogP contribution in [0.15, 0.2) is 100 Å². The van der Waals surface area contributed by atoms with Crippen LogP contribution in [0.2, 0.25) is 0 Å².